The minimum absolute atomic E-state index is 0.0699. The number of nitrogens with zero attached hydrogens (tertiary/aromatic N) is 1. The molecule has 0 saturated carbocycles. The van der Waals surface area contributed by atoms with Crippen LogP contribution in [0.4, 0.5) is 5.69 Å². The van der Waals surface area contributed by atoms with Crippen LogP contribution >= 0.6 is 15.9 Å². The van der Waals surface area contributed by atoms with Crippen molar-refractivity contribution in [3.05, 3.63) is 64.6 Å². The van der Waals surface area contributed by atoms with Crippen LogP contribution in [0, 0.1) is 0 Å². The molecule has 0 aliphatic carbocycles. The maximum Gasteiger partial charge on any atom is 0.251 e. The molecule has 0 spiro atoms. The van der Waals surface area contributed by atoms with Crippen molar-refractivity contribution >= 4 is 39.3 Å². The lowest BCUT2D eigenvalue weighted by Crippen LogP contribution is -2.40. The zero-order chi connectivity index (χ0) is 19.8. The van der Waals surface area contributed by atoms with Crippen LogP contribution in [0.25, 0.3) is 0 Å². The molecular weight excluding hydrogens is 410 g/mol. The van der Waals surface area contributed by atoms with Gasteiger partial charge in [0, 0.05) is 29.5 Å². The number of amides is 3. The molecule has 0 aliphatic heterocycles. The highest BCUT2D eigenvalue weighted by molar-refractivity contribution is 9.10. The quantitative estimate of drug-likeness (QED) is 0.706. The number of para-hydroxylation sites is 1. The third kappa shape index (κ3) is 6.53. The van der Waals surface area contributed by atoms with E-state index in [1.54, 1.807) is 44.3 Å². The molecule has 3 amide bonds. The molecule has 6 nitrogen and oxygen atoms in total. The van der Waals surface area contributed by atoms with Crippen molar-refractivity contribution < 1.29 is 14.4 Å². The summed E-state index contributed by atoms with van der Waals surface area (Å²) in [5, 5.41) is 5.54. The minimum atomic E-state index is -0.348. The first-order valence-electron chi connectivity index (χ1n) is 8.51. The van der Waals surface area contributed by atoms with Gasteiger partial charge in [0.25, 0.3) is 5.91 Å². The molecule has 0 heterocycles. The molecule has 2 aromatic rings. The maximum absolute atomic E-state index is 12.3. The van der Waals surface area contributed by atoms with Gasteiger partial charge >= 0.3 is 0 Å². The second-order valence-corrected chi connectivity index (χ2v) is 7.08. The van der Waals surface area contributed by atoms with Crippen molar-refractivity contribution in [2.24, 2.45) is 0 Å². The van der Waals surface area contributed by atoms with Crippen molar-refractivity contribution in [1.82, 2.24) is 10.2 Å². The summed E-state index contributed by atoms with van der Waals surface area (Å²) in [6, 6.07) is 15.7. The molecule has 0 radical (unpaired) electrons. The van der Waals surface area contributed by atoms with E-state index in [-0.39, 0.29) is 36.7 Å². The second-order valence-electron chi connectivity index (χ2n) is 6.22. The first kappa shape index (κ1) is 20.6. The molecule has 142 valence electrons. The molecule has 0 unspecified atom stereocenters. The van der Waals surface area contributed by atoms with E-state index >= 15 is 0 Å². The van der Waals surface area contributed by atoms with Gasteiger partial charge in [0.1, 0.15) is 0 Å². The molecule has 0 saturated heterocycles. The number of hydrogen-bond acceptors (Lipinski definition) is 3. The highest BCUT2D eigenvalue weighted by Crippen LogP contribution is 2.20. The fourth-order valence-electron chi connectivity index (χ4n) is 2.42. The van der Waals surface area contributed by atoms with Gasteiger partial charge < -0.3 is 15.5 Å². The predicted octanol–water partition coefficient (Wildman–Crippen LogP) is 3.05. The Labute approximate surface area is 167 Å². The summed E-state index contributed by atoms with van der Waals surface area (Å²) in [5.74, 6) is -0.748. The van der Waals surface area contributed by atoms with Gasteiger partial charge in [-0.1, -0.05) is 30.3 Å². The normalized spacial score (nSPS) is 11.4. The average molecular weight is 432 g/mol. The summed E-state index contributed by atoms with van der Waals surface area (Å²) >= 11 is 3.36. The van der Waals surface area contributed by atoms with Gasteiger partial charge in [-0.25, -0.2) is 0 Å². The van der Waals surface area contributed by atoms with Crippen LogP contribution in [-0.2, 0) is 9.59 Å². The van der Waals surface area contributed by atoms with Crippen molar-refractivity contribution in [2.45, 2.75) is 19.4 Å². The minimum Gasteiger partial charge on any atom is -0.349 e. The van der Waals surface area contributed by atoms with Crippen LogP contribution in [0.5, 0.6) is 0 Å². The van der Waals surface area contributed by atoms with E-state index in [9.17, 15) is 14.4 Å². The summed E-state index contributed by atoms with van der Waals surface area (Å²) in [5.41, 5.74) is 1.19. The number of nitrogens with one attached hydrogen (secondary N) is 2. The van der Waals surface area contributed by atoms with Crippen LogP contribution in [0.1, 0.15) is 23.7 Å². The molecule has 0 aliphatic rings. The molecule has 0 bridgehead atoms. The van der Waals surface area contributed by atoms with Crippen molar-refractivity contribution in [3.8, 4) is 0 Å². The van der Waals surface area contributed by atoms with Crippen molar-refractivity contribution in [1.29, 1.82) is 0 Å². The fourth-order valence-corrected chi connectivity index (χ4v) is 2.81. The van der Waals surface area contributed by atoms with Gasteiger partial charge in [-0.3, -0.25) is 14.4 Å². The number of carbonyl (C=O) groups excluding carboxylic acids is 3. The second kappa shape index (κ2) is 9.87. The van der Waals surface area contributed by atoms with E-state index in [4.69, 9.17) is 0 Å². The Morgan fingerprint density at radius 2 is 1.67 bits per heavy atom. The van der Waals surface area contributed by atoms with Gasteiger partial charge in [0.05, 0.1) is 12.2 Å². The Hall–Kier alpha value is -2.67. The van der Waals surface area contributed by atoms with Gasteiger partial charge in [-0.2, -0.15) is 0 Å². The van der Waals surface area contributed by atoms with E-state index in [2.05, 4.69) is 26.6 Å². The van der Waals surface area contributed by atoms with Crippen LogP contribution in [0.2, 0.25) is 0 Å². The number of carbonyl (C=O) groups is 3. The van der Waals surface area contributed by atoms with E-state index in [1.165, 1.54) is 4.90 Å². The van der Waals surface area contributed by atoms with Crippen molar-refractivity contribution in [2.75, 3.05) is 18.9 Å². The standard InChI is InChI=1S/C20H22BrN3O3/c1-14(22-20(27)15-8-4-3-5-9-15)12-19(26)24(2)13-18(25)23-17-11-7-6-10-16(17)21/h3-11,14H,12-13H2,1-2H3,(H,22,27)(H,23,25)/t14-/m1/s1. The van der Waals surface area contributed by atoms with Gasteiger partial charge in [-0.15, -0.1) is 0 Å². The summed E-state index contributed by atoms with van der Waals surface area (Å²) < 4.78 is 0.768. The Morgan fingerprint density at radius 3 is 2.33 bits per heavy atom. The zero-order valence-electron chi connectivity index (χ0n) is 15.2. The Morgan fingerprint density at radius 1 is 1.04 bits per heavy atom. The molecule has 2 rings (SSSR count). The van der Waals surface area contributed by atoms with E-state index in [1.807, 2.05) is 24.3 Å². The highest BCUT2D eigenvalue weighted by atomic mass is 79.9. The Kier molecular flexibility index (Phi) is 7.55. The Balaban J connectivity index is 1.81. The number of anilines is 1. The third-order valence-electron chi connectivity index (χ3n) is 3.85. The maximum atomic E-state index is 12.3. The molecule has 7 heteroatoms. The largest absolute Gasteiger partial charge is 0.349 e. The molecule has 0 fully saturated rings. The number of halogens is 1. The van der Waals surface area contributed by atoms with Crippen LogP contribution < -0.4 is 10.6 Å². The number of rotatable bonds is 7. The van der Waals surface area contributed by atoms with Crippen molar-refractivity contribution in [3.63, 3.8) is 0 Å². The lowest BCUT2D eigenvalue weighted by molar-refractivity contribution is -0.133. The molecule has 2 aromatic carbocycles. The summed E-state index contributed by atoms with van der Waals surface area (Å²) in [7, 11) is 1.56. The third-order valence-corrected chi connectivity index (χ3v) is 4.54. The summed E-state index contributed by atoms with van der Waals surface area (Å²) in [4.78, 5) is 37.9. The van der Waals surface area contributed by atoms with Gasteiger partial charge in [0.2, 0.25) is 11.8 Å². The smallest absolute Gasteiger partial charge is 0.251 e. The first-order valence-corrected chi connectivity index (χ1v) is 9.30. The summed E-state index contributed by atoms with van der Waals surface area (Å²) in [6.07, 6.45) is 0.109. The highest BCUT2D eigenvalue weighted by Gasteiger charge is 2.18. The number of hydrogen-bond donors (Lipinski definition) is 2. The predicted molar refractivity (Wildman–Crippen MR) is 108 cm³/mol. The van der Waals surface area contributed by atoms with E-state index in [0.29, 0.717) is 11.3 Å². The SMILES string of the molecule is C[C@H](CC(=O)N(C)CC(=O)Nc1ccccc1Br)NC(=O)c1ccccc1. The topological polar surface area (TPSA) is 78.5 Å². The van der Waals surface area contributed by atoms with E-state index in [0.717, 1.165) is 4.47 Å². The average Bonchev–Trinajstić information content (AvgIpc) is 2.64. The Bertz CT molecular complexity index is 811. The van der Waals surface area contributed by atoms with Crippen LogP contribution in [0.15, 0.2) is 59.1 Å². The molecule has 2 N–H and O–H groups in total. The fraction of sp³-hybridized carbons (Fsp3) is 0.250. The molecule has 1 atom stereocenters. The van der Waals surface area contributed by atoms with Gasteiger partial charge in [-0.05, 0) is 47.1 Å². The molecule has 27 heavy (non-hydrogen) atoms. The number of likely N-dealkylation sites (N-methyl/N-ethyl adjacent to an activating group) is 1. The lowest BCUT2D eigenvalue weighted by atomic mass is 10.1. The first-order chi connectivity index (χ1) is 12.9. The van der Waals surface area contributed by atoms with Crippen LogP contribution in [-0.4, -0.2) is 42.3 Å². The van der Waals surface area contributed by atoms with Gasteiger partial charge in [0.15, 0.2) is 0 Å². The van der Waals surface area contributed by atoms with E-state index < -0.39 is 0 Å². The molecular formula is C20H22BrN3O3. The zero-order valence-corrected chi connectivity index (χ0v) is 16.8. The molecule has 0 aromatic heterocycles. The summed E-state index contributed by atoms with van der Waals surface area (Å²) in [6.45, 7) is 1.69. The number of benzene rings is 2. The monoisotopic (exact) mass is 431 g/mol. The lowest BCUT2D eigenvalue weighted by Gasteiger charge is -2.20. The van der Waals surface area contributed by atoms with Crippen LogP contribution in [0.3, 0.4) is 0 Å².